The Morgan fingerprint density at radius 1 is 1.00 bits per heavy atom. The minimum Gasteiger partial charge on any atom is -0.393 e. The highest BCUT2D eigenvalue weighted by atomic mass is 16.3. The highest BCUT2D eigenvalue weighted by Gasteiger charge is 2.06. The summed E-state index contributed by atoms with van der Waals surface area (Å²) in [4.78, 5) is 0. The van der Waals surface area contributed by atoms with Crippen LogP contribution >= 0.6 is 0 Å². The molecule has 3 unspecified atom stereocenters. The van der Waals surface area contributed by atoms with Gasteiger partial charge in [0.2, 0.25) is 0 Å². The summed E-state index contributed by atoms with van der Waals surface area (Å²) in [7, 11) is 0. The van der Waals surface area contributed by atoms with Gasteiger partial charge in [0.1, 0.15) is 0 Å². The van der Waals surface area contributed by atoms with Crippen LogP contribution in [-0.4, -0.2) is 28.5 Å². The second-order valence-electron chi connectivity index (χ2n) is 3.63. The summed E-state index contributed by atoms with van der Waals surface area (Å²) >= 11 is 0. The lowest BCUT2D eigenvalue weighted by atomic mass is 10.0. The van der Waals surface area contributed by atoms with Gasteiger partial charge in [-0.2, -0.15) is 0 Å². The predicted molar refractivity (Wildman–Crippen MR) is 49.8 cm³/mol. The summed E-state index contributed by atoms with van der Waals surface area (Å²) in [6, 6.07) is 0.159. The van der Waals surface area contributed by atoms with Crippen molar-refractivity contribution in [2.24, 2.45) is 5.73 Å². The maximum atomic E-state index is 9.38. The molecule has 0 aromatic carbocycles. The van der Waals surface area contributed by atoms with E-state index in [1.165, 1.54) is 0 Å². The highest BCUT2D eigenvalue weighted by Crippen LogP contribution is 2.07. The fourth-order valence-corrected chi connectivity index (χ4v) is 1.03. The van der Waals surface area contributed by atoms with E-state index < -0.39 is 0 Å². The molecule has 0 bridgehead atoms. The molecule has 0 saturated heterocycles. The molecule has 0 aliphatic carbocycles. The molecule has 12 heavy (non-hydrogen) atoms. The van der Waals surface area contributed by atoms with Crippen LogP contribution in [0, 0.1) is 0 Å². The van der Waals surface area contributed by atoms with Crippen molar-refractivity contribution in [2.45, 2.75) is 57.8 Å². The zero-order chi connectivity index (χ0) is 9.56. The zero-order valence-corrected chi connectivity index (χ0v) is 8.03. The van der Waals surface area contributed by atoms with E-state index >= 15 is 0 Å². The van der Waals surface area contributed by atoms with Crippen molar-refractivity contribution in [3.05, 3.63) is 0 Å². The lowest BCUT2D eigenvalue weighted by Crippen LogP contribution is -2.19. The summed E-state index contributed by atoms with van der Waals surface area (Å²) in [5.74, 6) is 0. The van der Waals surface area contributed by atoms with Gasteiger partial charge in [-0.05, 0) is 39.5 Å². The summed E-state index contributed by atoms with van der Waals surface area (Å²) < 4.78 is 0. The Hall–Kier alpha value is -0.120. The fraction of sp³-hybridized carbons (Fsp3) is 1.00. The SMILES string of the molecule is CC(N)CCC(O)CCC(C)O. The number of aliphatic hydroxyl groups excluding tert-OH is 2. The molecule has 0 rings (SSSR count). The molecule has 0 aliphatic rings. The van der Waals surface area contributed by atoms with Gasteiger partial charge in [0, 0.05) is 6.04 Å². The number of nitrogens with two attached hydrogens (primary N) is 1. The Balaban J connectivity index is 3.27. The van der Waals surface area contributed by atoms with E-state index in [4.69, 9.17) is 10.8 Å². The summed E-state index contributed by atoms with van der Waals surface area (Å²) in [5.41, 5.74) is 5.54. The van der Waals surface area contributed by atoms with Crippen LogP contribution in [0.25, 0.3) is 0 Å². The summed E-state index contributed by atoms with van der Waals surface area (Å²) in [6.45, 7) is 3.67. The monoisotopic (exact) mass is 175 g/mol. The van der Waals surface area contributed by atoms with Gasteiger partial charge in [-0.1, -0.05) is 0 Å². The Bertz CT molecular complexity index is 92.7. The van der Waals surface area contributed by atoms with Crippen molar-refractivity contribution < 1.29 is 10.2 Å². The second kappa shape index (κ2) is 6.40. The van der Waals surface area contributed by atoms with Crippen molar-refractivity contribution in [3.8, 4) is 0 Å². The third kappa shape index (κ3) is 7.98. The average Bonchev–Trinajstić information content (AvgIpc) is 1.96. The molecule has 0 saturated carbocycles. The number of hydrogen-bond donors (Lipinski definition) is 3. The van der Waals surface area contributed by atoms with Gasteiger partial charge in [0.15, 0.2) is 0 Å². The maximum Gasteiger partial charge on any atom is 0.0541 e. The van der Waals surface area contributed by atoms with Gasteiger partial charge in [-0.25, -0.2) is 0 Å². The lowest BCUT2D eigenvalue weighted by molar-refractivity contribution is 0.114. The smallest absolute Gasteiger partial charge is 0.0541 e. The number of hydrogen-bond acceptors (Lipinski definition) is 3. The van der Waals surface area contributed by atoms with Gasteiger partial charge in [-0.3, -0.25) is 0 Å². The third-order valence-corrected chi connectivity index (χ3v) is 1.87. The lowest BCUT2D eigenvalue weighted by Gasteiger charge is -2.12. The Morgan fingerprint density at radius 3 is 1.92 bits per heavy atom. The van der Waals surface area contributed by atoms with Crippen molar-refractivity contribution in [3.63, 3.8) is 0 Å². The molecular formula is C9H21NO2. The maximum absolute atomic E-state index is 9.38. The fourth-order valence-electron chi connectivity index (χ4n) is 1.03. The molecule has 4 N–H and O–H groups in total. The van der Waals surface area contributed by atoms with E-state index in [1.54, 1.807) is 6.92 Å². The van der Waals surface area contributed by atoms with Crippen LogP contribution in [0.5, 0.6) is 0 Å². The van der Waals surface area contributed by atoms with Crippen LogP contribution < -0.4 is 5.73 Å². The Labute approximate surface area is 74.6 Å². The van der Waals surface area contributed by atoms with E-state index in [0.29, 0.717) is 12.8 Å². The van der Waals surface area contributed by atoms with E-state index in [0.717, 1.165) is 12.8 Å². The molecule has 0 amide bonds. The molecular weight excluding hydrogens is 154 g/mol. The van der Waals surface area contributed by atoms with Crippen molar-refractivity contribution in [1.82, 2.24) is 0 Å². The van der Waals surface area contributed by atoms with Gasteiger partial charge in [-0.15, -0.1) is 0 Å². The molecule has 0 heterocycles. The predicted octanol–water partition coefficient (Wildman–Crippen LogP) is 0.636. The molecule has 0 radical (unpaired) electrons. The molecule has 0 aromatic heterocycles. The topological polar surface area (TPSA) is 66.5 Å². The standard InChI is InChI=1S/C9H21NO2/c1-7(10)3-5-9(12)6-4-8(2)11/h7-9,11-12H,3-6,10H2,1-2H3. The van der Waals surface area contributed by atoms with Gasteiger partial charge < -0.3 is 15.9 Å². The average molecular weight is 175 g/mol. The number of aliphatic hydroxyl groups is 2. The van der Waals surface area contributed by atoms with Crippen LogP contribution in [0.4, 0.5) is 0 Å². The normalized spacial score (nSPS) is 18.8. The first-order valence-electron chi connectivity index (χ1n) is 4.64. The number of rotatable bonds is 6. The molecule has 0 fully saturated rings. The van der Waals surface area contributed by atoms with Crippen LogP contribution in [0.1, 0.15) is 39.5 Å². The van der Waals surface area contributed by atoms with Crippen LogP contribution in [-0.2, 0) is 0 Å². The molecule has 0 aromatic rings. The minimum atomic E-state index is -0.310. The van der Waals surface area contributed by atoms with E-state index in [9.17, 15) is 5.11 Å². The van der Waals surface area contributed by atoms with Crippen molar-refractivity contribution in [1.29, 1.82) is 0 Å². The molecule has 0 aliphatic heterocycles. The van der Waals surface area contributed by atoms with Crippen molar-refractivity contribution >= 4 is 0 Å². The Morgan fingerprint density at radius 2 is 1.50 bits per heavy atom. The quantitative estimate of drug-likeness (QED) is 0.555. The van der Waals surface area contributed by atoms with Gasteiger partial charge in [0.25, 0.3) is 0 Å². The molecule has 3 atom stereocenters. The van der Waals surface area contributed by atoms with Crippen LogP contribution in [0.15, 0.2) is 0 Å². The summed E-state index contributed by atoms with van der Waals surface area (Å²) in [6.07, 6.45) is 2.32. The Kier molecular flexibility index (Phi) is 6.34. The van der Waals surface area contributed by atoms with E-state index in [-0.39, 0.29) is 18.2 Å². The molecule has 3 heteroatoms. The van der Waals surface area contributed by atoms with E-state index in [1.807, 2.05) is 6.92 Å². The first-order valence-corrected chi connectivity index (χ1v) is 4.64. The summed E-state index contributed by atoms with van der Waals surface area (Å²) in [5, 5.41) is 18.3. The third-order valence-electron chi connectivity index (χ3n) is 1.87. The minimum absolute atomic E-state index is 0.159. The zero-order valence-electron chi connectivity index (χ0n) is 8.03. The van der Waals surface area contributed by atoms with Crippen LogP contribution in [0.3, 0.4) is 0 Å². The highest BCUT2D eigenvalue weighted by molar-refractivity contribution is 4.62. The molecule has 3 nitrogen and oxygen atoms in total. The van der Waals surface area contributed by atoms with Crippen LogP contribution in [0.2, 0.25) is 0 Å². The van der Waals surface area contributed by atoms with Gasteiger partial charge >= 0.3 is 0 Å². The van der Waals surface area contributed by atoms with Gasteiger partial charge in [0.05, 0.1) is 12.2 Å². The molecule has 0 spiro atoms. The largest absolute Gasteiger partial charge is 0.393 e. The second-order valence-corrected chi connectivity index (χ2v) is 3.63. The van der Waals surface area contributed by atoms with Crippen molar-refractivity contribution in [2.75, 3.05) is 0 Å². The first-order chi connectivity index (χ1) is 5.52. The molecule has 74 valence electrons. The first kappa shape index (κ1) is 11.9. The van der Waals surface area contributed by atoms with E-state index in [2.05, 4.69) is 0 Å².